The number of oxazole rings is 1. The second-order valence-electron chi connectivity index (χ2n) is 8.63. The number of methoxy groups -OCH3 is 1. The number of nitrogens with one attached hydrogen (secondary N) is 1. The van der Waals surface area contributed by atoms with Crippen LogP contribution in [0.25, 0.3) is 10.9 Å². The van der Waals surface area contributed by atoms with Crippen LogP contribution in [0, 0.1) is 0 Å². The van der Waals surface area contributed by atoms with Gasteiger partial charge >= 0.3 is 0 Å². The molecule has 0 radical (unpaired) electrons. The zero-order chi connectivity index (χ0) is 23.9. The average molecular weight is 478 g/mol. The van der Waals surface area contributed by atoms with Crippen LogP contribution in [0.15, 0.2) is 59.3 Å². The fraction of sp³-hybridized carbons (Fsp3) is 0.385. The van der Waals surface area contributed by atoms with E-state index in [1.54, 1.807) is 13.4 Å². The zero-order valence-electron chi connectivity index (χ0n) is 20.0. The molecule has 2 aromatic heterocycles. The molecule has 4 aromatic rings. The standard InChI is InChI=1S/C26H31N5O4/c1-32-24-4-2-3-20(13-24)16-31(17-21-5-6-22-15-27-29-25(22)14-21)26-28-23(19-35-26)18-34-12-9-30-7-10-33-11-8-30/h2-6,13-15,19H,7-12,16-18H2,1H3,(H,27,29). The second kappa shape index (κ2) is 11.4. The maximum Gasteiger partial charge on any atom is 0.298 e. The van der Waals surface area contributed by atoms with E-state index in [-0.39, 0.29) is 0 Å². The number of anilines is 1. The van der Waals surface area contributed by atoms with Gasteiger partial charge in [0.1, 0.15) is 17.7 Å². The predicted octanol–water partition coefficient (Wildman–Crippen LogP) is 3.62. The first-order valence-corrected chi connectivity index (χ1v) is 11.9. The topological polar surface area (TPSA) is 88.9 Å². The van der Waals surface area contributed by atoms with E-state index in [2.05, 4.69) is 44.3 Å². The molecule has 0 bridgehead atoms. The molecule has 0 atom stereocenters. The van der Waals surface area contributed by atoms with E-state index in [0.717, 1.165) is 66.3 Å². The molecule has 1 saturated heterocycles. The van der Waals surface area contributed by atoms with Gasteiger partial charge in [-0.25, -0.2) is 0 Å². The van der Waals surface area contributed by atoms with Crippen LogP contribution in [-0.4, -0.2) is 66.6 Å². The normalized spacial score (nSPS) is 14.4. The van der Waals surface area contributed by atoms with Crippen molar-refractivity contribution in [3.8, 4) is 5.75 Å². The maximum absolute atomic E-state index is 5.90. The molecule has 184 valence electrons. The van der Waals surface area contributed by atoms with E-state index in [1.165, 1.54) is 0 Å². The Morgan fingerprint density at radius 2 is 1.94 bits per heavy atom. The van der Waals surface area contributed by atoms with Crippen LogP contribution in [0.1, 0.15) is 16.8 Å². The van der Waals surface area contributed by atoms with Crippen molar-refractivity contribution in [2.45, 2.75) is 19.7 Å². The van der Waals surface area contributed by atoms with E-state index in [0.29, 0.717) is 32.3 Å². The Bertz CT molecular complexity index is 1220. The van der Waals surface area contributed by atoms with Gasteiger partial charge in [-0.2, -0.15) is 10.1 Å². The molecule has 2 aromatic carbocycles. The zero-order valence-corrected chi connectivity index (χ0v) is 20.0. The molecular formula is C26H31N5O4. The Morgan fingerprint density at radius 3 is 2.80 bits per heavy atom. The van der Waals surface area contributed by atoms with Crippen LogP contribution in [0.2, 0.25) is 0 Å². The first-order valence-electron chi connectivity index (χ1n) is 11.9. The summed E-state index contributed by atoms with van der Waals surface area (Å²) in [4.78, 5) is 9.20. The molecule has 35 heavy (non-hydrogen) atoms. The van der Waals surface area contributed by atoms with Crippen LogP contribution in [0.5, 0.6) is 5.75 Å². The van der Waals surface area contributed by atoms with E-state index in [1.807, 2.05) is 24.4 Å². The van der Waals surface area contributed by atoms with Gasteiger partial charge in [0.25, 0.3) is 6.01 Å². The minimum absolute atomic E-state index is 0.418. The lowest BCUT2D eigenvalue weighted by Gasteiger charge is -2.26. The van der Waals surface area contributed by atoms with E-state index in [4.69, 9.17) is 23.6 Å². The molecular weight excluding hydrogens is 446 g/mol. The van der Waals surface area contributed by atoms with Gasteiger partial charge in [0.05, 0.1) is 45.3 Å². The number of hydrogen-bond donors (Lipinski definition) is 1. The lowest BCUT2D eigenvalue weighted by molar-refractivity contribution is 0.0177. The van der Waals surface area contributed by atoms with Crippen molar-refractivity contribution in [3.63, 3.8) is 0 Å². The summed E-state index contributed by atoms with van der Waals surface area (Å²) in [5.41, 5.74) is 4.02. The van der Waals surface area contributed by atoms with Crippen LogP contribution in [0.3, 0.4) is 0 Å². The highest BCUT2D eigenvalue weighted by atomic mass is 16.5. The number of morpholine rings is 1. The van der Waals surface area contributed by atoms with E-state index >= 15 is 0 Å². The average Bonchev–Trinajstić information content (AvgIpc) is 3.56. The van der Waals surface area contributed by atoms with Crippen LogP contribution < -0.4 is 9.64 Å². The highest BCUT2D eigenvalue weighted by Gasteiger charge is 2.16. The predicted molar refractivity (Wildman–Crippen MR) is 132 cm³/mol. The number of rotatable bonds is 11. The third-order valence-corrected chi connectivity index (χ3v) is 6.10. The van der Waals surface area contributed by atoms with Crippen LogP contribution >= 0.6 is 0 Å². The van der Waals surface area contributed by atoms with Crippen molar-refractivity contribution in [1.82, 2.24) is 20.1 Å². The summed E-state index contributed by atoms with van der Waals surface area (Å²) in [6.07, 6.45) is 3.51. The van der Waals surface area contributed by atoms with Crippen molar-refractivity contribution < 1.29 is 18.6 Å². The molecule has 1 N–H and O–H groups in total. The Hall–Kier alpha value is -3.40. The highest BCUT2D eigenvalue weighted by Crippen LogP contribution is 2.23. The molecule has 1 fully saturated rings. The van der Waals surface area contributed by atoms with Gasteiger partial charge in [-0.15, -0.1) is 0 Å². The number of H-pyrrole nitrogens is 1. The van der Waals surface area contributed by atoms with Gasteiger partial charge in [0.2, 0.25) is 0 Å². The first-order chi connectivity index (χ1) is 17.3. The third kappa shape index (κ3) is 6.19. The Balaban J connectivity index is 1.26. The second-order valence-corrected chi connectivity index (χ2v) is 8.63. The monoisotopic (exact) mass is 477 g/mol. The summed E-state index contributed by atoms with van der Waals surface area (Å²) in [6.45, 7) is 6.72. The summed E-state index contributed by atoms with van der Waals surface area (Å²) >= 11 is 0. The molecule has 9 heteroatoms. The Labute approximate surface area is 204 Å². The first kappa shape index (κ1) is 23.3. The molecule has 9 nitrogen and oxygen atoms in total. The number of hydrogen-bond acceptors (Lipinski definition) is 8. The van der Waals surface area contributed by atoms with Crippen LogP contribution in [-0.2, 0) is 29.2 Å². The number of ether oxygens (including phenoxy) is 3. The number of aromatic nitrogens is 3. The molecule has 0 aliphatic carbocycles. The van der Waals surface area contributed by atoms with Crippen molar-refractivity contribution in [1.29, 1.82) is 0 Å². The lowest BCUT2D eigenvalue weighted by Crippen LogP contribution is -2.38. The summed E-state index contributed by atoms with van der Waals surface area (Å²) in [7, 11) is 1.68. The number of aromatic amines is 1. The molecule has 3 heterocycles. The molecule has 0 amide bonds. The quantitative estimate of drug-likeness (QED) is 0.328. The van der Waals surface area contributed by atoms with Crippen molar-refractivity contribution in [3.05, 3.63) is 71.7 Å². The van der Waals surface area contributed by atoms with Gasteiger partial charge in [-0.1, -0.05) is 24.3 Å². The minimum atomic E-state index is 0.418. The fourth-order valence-electron chi connectivity index (χ4n) is 4.19. The fourth-order valence-corrected chi connectivity index (χ4v) is 4.19. The van der Waals surface area contributed by atoms with Gasteiger partial charge in [-0.3, -0.25) is 10.00 Å². The lowest BCUT2D eigenvalue weighted by atomic mass is 10.1. The van der Waals surface area contributed by atoms with Gasteiger partial charge in [0, 0.05) is 38.1 Å². The smallest absolute Gasteiger partial charge is 0.298 e. The van der Waals surface area contributed by atoms with Crippen LogP contribution in [0.4, 0.5) is 6.01 Å². The number of nitrogens with zero attached hydrogens (tertiary/aromatic N) is 4. The highest BCUT2D eigenvalue weighted by molar-refractivity contribution is 5.78. The molecule has 0 saturated carbocycles. The summed E-state index contributed by atoms with van der Waals surface area (Å²) < 4.78 is 22.6. The molecule has 0 unspecified atom stereocenters. The minimum Gasteiger partial charge on any atom is -0.497 e. The van der Waals surface area contributed by atoms with Gasteiger partial charge in [-0.05, 0) is 29.3 Å². The van der Waals surface area contributed by atoms with Crippen molar-refractivity contribution >= 4 is 16.9 Å². The Kier molecular flexibility index (Phi) is 7.57. The van der Waals surface area contributed by atoms with Crippen molar-refractivity contribution in [2.75, 3.05) is 51.5 Å². The summed E-state index contributed by atoms with van der Waals surface area (Å²) in [5, 5.41) is 8.26. The number of benzene rings is 2. The molecule has 1 aliphatic heterocycles. The molecule has 0 spiro atoms. The third-order valence-electron chi connectivity index (χ3n) is 6.10. The summed E-state index contributed by atoms with van der Waals surface area (Å²) in [5.74, 6) is 0.822. The largest absolute Gasteiger partial charge is 0.497 e. The maximum atomic E-state index is 5.90. The SMILES string of the molecule is COc1cccc(CN(Cc2ccc3cn[nH]c3c2)c2nc(COCCN3CCOCC3)co2)c1. The Morgan fingerprint density at radius 1 is 1.09 bits per heavy atom. The van der Waals surface area contributed by atoms with E-state index < -0.39 is 0 Å². The summed E-state index contributed by atoms with van der Waals surface area (Å²) in [6, 6.07) is 14.9. The van der Waals surface area contributed by atoms with Gasteiger partial charge in [0.15, 0.2) is 0 Å². The number of fused-ring (bicyclic) bond motifs is 1. The molecule has 1 aliphatic rings. The van der Waals surface area contributed by atoms with Crippen molar-refractivity contribution in [2.24, 2.45) is 0 Å². The van der Waals surface area contributed by atoms with Gasteiger partial charge < -0.3 is 23.5 Å². The van der Waals surface area contributed by atoms with E-state index in [9.17, 15) is 0 Å². The molecule has 5 rings (SSSR count).